The van der Waals surface area contributed by atoms with E-state index in [0.29, 0.717) is 6.04 Å². The molecule has 2 aliphatic rings. The molecule has 0 unspecified atom stereocenters. The molecule has 2 fully saturated rings. The molecule has 1 aliphatic carbocycles. The fourth-order valence-electron chi connectivity index (χ4n) is 5.25. The van der Waals surface area contributed by atoms with Gasteiger partial charge in [-0.25, -0.2) is 0 Å². The van der Waals surface area contributed by atoms with Gasteiger partial charge in [-0.15, -0.1) is 0 Å². The molecule has 0 spiro atoms. The quantitative estimate of drug-likeness (QED) is 0.796. The summed E-state index contributed by atoms with van der Waals surface area (Å²) in [6.07, 6.45) is 7.69. The number of aliphatic hydroxyl groups is 1. The zero-order chi connectivity index (χ0) is 19.5. The van der Waals surface area contributed by atoms with Crippen molar-refractivity contribution >= 4 is 10.9 Å². The number of fused-ring (bicyclic) bond motifs is 1. The van der Waals surface area contributed by atoms with Crippen molar-refractivity contribution in [1.82, 2.24) is 14.8 Å². The second-order valence-electron chi connectivity index (χ2n) is 8.57. The monoisotopic (exact) mass is 385 g/mol. The van der Waals surface area contributed by atoms with Crippen LogP contribution in [0.3, 0.4) is 0 Å². The molecule has 1 aromatic carbocycles. The van der Waals surface area contributed by atoms with E-state index in [0.717, 1.165) is 44.4 Å². The van der Waals surface area contributed by atoms with Crippen molar-refractivity contribution in [2.45, 2.75) is 64.1 Å². The first kappa shape index (κ1) is 19.7. The number of methoxy groups -OCH3 is 1. The van der Waals surface area contributed by atoms with E-state index >= 15 is 0 Å². The molecule has 1 saturated carbocycles. The van der Waals surface area contributed by atoms with Gasteiger partial charge in [-0.3, -0.25) is 9.80 Å². The van der Waals surface area contributed by atoms with Gasteiger partial charge >= 0.3 is 0 Å². The Morgan fingerprint density at radius 1 is 1.18 bits per heavy atom. The Hall–Kier alpha value is -1.56. The number of aryl methyl sites for hydroxylation is 1. The number of nitrogens with zero attached hydrogens (tertiary/aromatic N) is 2. The predicted octanol–water partition coefficient (Wildman–Crippen LogP) is 3.69. The minimum absolute atomic E-state index is 0.285. The Labute approximate surface area is 168 Å². The van der Waals surface area contributed by atoms with Gasteiger partial charge in [0.05, 0.1) is 7.11 Å². The average molecular weight is 386 g/mol. The summed E-state index contributed by atoms with van der Waals surface area (Å²) in [5.74, 6) is 0.908. The summed E-state index contributed by atoms with van der Waals surface area (Å²) in [6, 6.07) is 7.46. The molecular formula is C23H35N3O2. The lowest BCUT2D eigenvalue weighted by Crippen LogP contribution is -2.56. The Morgan fingerprint density at radius 3 is 2.75 bits per heavy atom. The van der Waals surface area contributed by atoms with Crippen LogP contribution >= 0.6 is 0 Å². The van der Waals surface area contributed by atoms with Crippen molar-refractivity contribution < 1.29 is 9.84 Å². The fourth-order valence-corrected chi connectivity index (χ4v) is 5.25. The highest BCUT2D eigenvalue weighted by Crippen LogP contribution is 2.29. The smallest absolute Gasteiger partial charge is 0.119 e. The van der Waals surface area contributed by atoms with Gasteiger partial charge in [0, 0.05) is 61.5 Å². The maximum Gasteiger partial charge on any atom is 0.119 e. The lowest BCUT2D eigenvalue weighted by atomic mass is 9.92. The van der Waals surface area contributed by atoms with E-state index in [1.54, 1.807) is 7.11 Å². The van der Waals surface area contributed by atoms with Crippen LogP contribution in [-0.2, 0) is 6.54 Å². The van der Waals surface area contributed by atoms with E-state index in [9.17, 15) is 5.11 Å². The third-order valence-corrected chi connectivity index (χ3v) is 6.87. The number of H-pyrrole nitrogens is 1. The Bertz CT molecular complexity index is 781. The SMILES string of the molecule is COc1ccc2[nH]c(CN3CCN(C4CCCCC4)[C@@H](CCO)C3)c(C)c2c1. The molecule has 5 nitrogen and oxygen atoms in total. The molecular weight excluding hydrogens is 350 g/mol. The van der Waals surface area contributed by atoms with Crippen LogP contribution in [0.2, 0.25) is 0 Å². The second-order valence-corrected chi connectivity index (χ2v) is 8.57. The van der Waals surface area contributed by atoms with Crippen molar-refractivity contribution in [1.29, 1.82) is 0 Å². The third kappa shape index (κ3) is 4.07. The van der Waals surface area contributed by atoms with Crippen LogP contribution < -0.4 is 4.74 Å². The molecule has 1 saturated heterocycles. The van der Waals surface area contributed by atoms with Gasteiger partial charge < -0.3 is 14.8 Å². The van der Waals surface area contributed by atoms with Crippen LogP contribution in [0.15, 0.2) is 18.2 Å². The topological polar surface area (TPSA) is 51.7 Å². The highest BCUT2D eigenvalue weighted by molar-refractivity contribution is 5.85. The maximum atomic E-state index is 9.64. The van der Waals surface area contributed by atoms with Crippen molar-refractivity contribution in [3.05, 3.63) is 29.5 Å². The number of nitrogens with one attached hydrogen (secondary N) is 1. The van der Waals surface area contributed by atoms with Gasteiger partial charge in [0.2, 0.25) is 0 Å². The molecule has 2 N–H and O–H groups in total. The zero-order valence-corrected chi connectivity index (χ0v) is 17.4. The molecule has 1 aromatic heterocycles. The highest BCUT2D eigenvalue weighted by atomic mass is 16.5. The van der Waals surface area contributed by atoms with Crippen molar-refractivity contribution in [3.63, 3.8) is 0 Å². The number of piperazine rings is 1. The Kier molecular flexibility index (Phi) is 6.24. The normalized spacial score (nSPS) is 22.8. The van der Waals surface area contributed by atoms with Gasteiger partial charge in [0.15, 0.2) is 0 Å². The summed E-state index contributed by atoms with van der Waals surface area (Å²) in [5, 5.41) is 10.9. The summed E-state index contributed by atoms with van der Waals surface area (Å²) in [4.78, 5) is 8.90. The van der Waals surface area contributed by atoms with Crippen LogP contribution in [0, 0.1) is 6.92 Å². The summed E-state index contributed by atoms with van der Waals surface area (Å²) in [6.45, 7) is 6.72. The summed E-state index contributed by atoms with van der Waals surface area (Å²) >= 11 is 0. The molecule has 0 amide bonds. The first-order chi connectivity index (χ1) is 13.7. The molecule has 2 aromatic rings. The summed E-state index contributed by atoms with van der Waals surface area (Å²) in [7, 11) is 1.72. The summed E-state index contributed by atoms with van der Waals surface area (Å²) < 4.78 is 5.39. The lowest BCUT2D eigenvalue weighted by Gasteiger charge is -2.46. The van der Waals surface area contributed by atoms with Crippen molar-refractivity contribution in [2.24, 2.45) is 0 Å². The van der Waals surface area contributed by atoms with Crippen LogP contribution in [0.25, 0.3) is 10.9 Å². The number of rotatable bonds is 6. The number of hydrogen-bond donors (Lipinski definition) is 2. The molecule has 154 valence electrons. The van der Waals surface area contributed by atoms with Gasteiger partial charge in [-0.2, -0.15) is 0 Å². The highest BCUT2D eigenvalue weighted by Gasteiger charge is 2.32. The van der Waals surface area contributed by atoms with Crippen LogP contribution in [0.5, 0.6) is 5.75 Å². The molecule has 0 radical (unpaired) electrons. The number of aromatic amines is 1. The zero-order valence-electron chi connectivity index (χ0n) is 17.4. The first-order valence-corrected chi connectivity index (χ1v) is 10.9. The van der Waals surface area contributed by atoms with Gasteiger partial charge in [0.25, 0.3) is 0 Å². The summed E-state index contributed by atoms with van der Waals surface area (Å²) in [5.41, 5.74) is 3.81. The number of benzene rings is 1. The maximum absolute atomic E-state index is 9.64. The Morgan fingerprint density at radius 2 is 2.00 bits per heavy atom. The van der Waals surface area contributed by atoms with E-state index in [1.807, 2.05) is 6.07 Å². The largest absolute Gasteiger partial charge is 0.497 e. The first-order valence-electron chi connectivity index (χ1n) is 10.9. The number of ether oxygens (including phenoxy) is 1. The standard InChI is InChI=1S/C23H35N3O2/c1-17-21-14-20(28-2)8-9-22(21)24-23(17)16-25-11-12-26(19(15-25)10-13-27)18-6-4-3-5-7-18/h8-9,14,18-19,24,27H,3-7,10-13,15-16H2,1-2H3/t19-/m0/s1. The predicted molar refractivity (Wildman–Crippen MR) is 114 cm³/mol. The van der Waals surface area contributed by atoms with E-state index in [2.05, 4.69) is 33.8 Å². The van der Waals surface area contributed by atoms with Gasteiger partial charge in [-0.1, -0.05) is 19.3 Å². The van der Waals surface area contributed by atoms with Crippen molar-refractivity contribution in [2.75, 3.05) is 33.4 Å². The molecule has 4 rings (SSSR count). The second kappa shape index (κ2) is 8.85. The number of aromatic nitrogens is 1. The van der Waals surface area contributed by atoms with E-state index in [-0.39, 0.29) is 6.61 Å². The van der Waals surface area contributed by atoms with E-state index < -0.39 is 0 Å². The number of hydrogen-bond acceptors (Lipinski definition) is 4. The number of aliphatic hydroxyl groups excluding tert-OH is 1. The lowest BCUT2D eigenvalue weighted by molar-refractivity contribution is 0.0133. The molecule has 28 heavy (non-hydrogen) atoms. The Balaban J connectivity index is 1.46. The van der Waals surface area contributed by atoms with Crippen molar-refractivity contribution in [3.8, 4) is 5.75 Å². The third-order valence-electron chi connectivity index (χ3n) is 6.87. The average Bonchev–Trinajstić information content (AvgIpc) is 3.04. The minimum atomic E-state index is 0.285. The molecule has 2 heterocycles. The molecule has 5 heteroatoms. The van der Waals surface area contributed by atoms with E-state index in [1.165, 1.54) is 54.3 Å². The van der Waals surface area contributed by atoms with Crippen LogP contribution in [0.4, 0.5) is 0 Å². The molecule has 1 atom stereocenters. The van der Waals surface area contributed by atoms with E-state index in [4.69, 9.17) is 4.74 Å². The minimum Gasteiger partial charge on any atom is -0.497 e. The van der Waals surface area contributed by atoms with Crippen LogP contribution in [0.1, 0.15) is 49.8 Å². The van der Waals surface area contributed by atoms with Gasteiger partial charge in [-0.05, 0) is 49.9 Å². The van der Waals surface area contributed by atoms with Gasteiger partial charge in [0.1, 0.15) is 5.75 Å². The van der Waals surface area contributed by atoms with Crippen LogP contribution in [-0.4, -0.2) is 65.3 Å². The molecule has 0 bridgehead atoms. The fraction of sp³-hybridized carbons (Fsp3) is 0.652. The molecule has 1 aliphatic heterocycles.